The van der Waals surface area contributed by atoms with Gasteiger partial charge in [0.25, 0.3) is 0 Å². The van der Waals surface area contributed by atoms with Crippen LogP contribution in [0.1, 0.15) is 13.3 Å². The van der Waals surface area contributed by atoms with Crippen molar-refractivity contribution < 1.29 is 4.74 Å². The van der Waals surface area contributed by atoms with Crippen LogP contribution in [-0.4, -0.2) is 90.8 Å². The van der Waals surface area contributed by atoms with Crippen molar-refractivity contribution in [1.29, 1.82) is 10.8 Å². The minimum absolute atomic E-state index is 0.201. The first-order valence-electron chi connectivity index (χ1n) is 8.41. The first kappa shape index (κ1) is 16.4. The van der Waals surface area contributed by atoms with Gasteiger partial charge in [-0.2, -0.15) is 0 Å². The molecule has 0 aromatic carbocycles. The van der Waals surface area contributed by atoms with Gasteiger partial charge in [0, 0.05) is 57.8 Å². The number of piperidine rings is 1. The van der Waals surface area contributed by atoms with Crippen LogP contribution in [0.15, 0.2) is 11.8 Å². The SMILES string of the molecule is CC1CN(C)CCN1/C(=C/C(=N)N1CC2CC(C1)O2)C(=N)CN. The number of ether oxygens (including phenoxy) is 1. The van der Waals surface area contributed by atoms with Crippen LogP contribution >= 0.6 is 0 Å². The fourth-order valence-corrected chi connectivity index (χ4v) is 3.72. The number of hydrogen-bond acceptors (Lipinski definition) is 6. The van der Waals surface area contributed by atoms with Crippen molar-refractivity contribution >= 4 is 11.5 Å². The molecule has 23 heavy (non-hydrogen) atoms. The van der Waals surface area contributed by atoms with E-state index in [0.717, 1.165) is 44.8 Å². The average Bonchev–Trinajstić information content (AvgIpc) is 2.51. The van der Waals surface area contributed by atoms with E-state index >= 15 is 0 Å². The zero-order valence-corrected chi connectivity index (χ0v) is 14.1. The number of nitrogens with zero attached hydrogens (tertiary/aromatic N) is 3. The van der Waals surface area contributed by atoms with E-state index in [1.165, 1.54) is 0 Å². The molecule has 0 aromatic heterocycles. The number of piperazine rings is 1. The molecule has 4 aliphatic heterocycles. The molecule has 2 bridgehead atoms. The van der Waals surface area contributed by atoms with Crippen molar-refractivity contribution in [3.05, 3.63) is 11.8 Å². The van der Waals surface area contributed by atoms with Crippen molar-refractivity contribution in [3.63, 3.8) is 0 Å². The van der Waals surface area contributed by atoms with Gasteiger partial charge in [0.1, 0.15) is 5.84 Å². The zero-order valence-electron chi connectivity index (χ0n) is 14.1. The summed E-state index contributed by atoms with van der Waals surface area (Å²) in [4.78, 5) is 6.59. The van der Waals surface area contributed by atoms with Gasteiger partial charge >= 0.3 is 0 Å². The summed E-state index contributed by atoms with van der Waals surface area (Å²) >= 11 is 0. The van der Waals surface area contributed by atoms with E-state index < -0.39 is 0 Å². The summed E-state index contributed by atoms with van der Waals surface area (Å²) in [7, 11) is 2.12. The van der Waals surface area contributed by atoms with Gasteiger partial charge in [-0.3, -0.25) is 5.41 Å². The van der Waals surface area contributed by atoms with Crippen molar-refractivity contribution in [1.82, 2.24) is 14.7 Å². The molecule has 7 heteroatoms. The highest BCUT2D eigenvalue weighted by atomic mass is 16.5. The second-order valence-corrected chi connectivity index (χ2v) is 6.92. The second kappa shape index (κ2) is 6.59. The molecular weight excluding hydrogens is 292 g/mol. The highest BCUT2D eigenvalue weighted by Gasteiger charge is 2.39. The van der Waals surface area contributed by atoms with E-state index in [1.54, 1.807) is 0 Å². The standard InChI is InChI=1S/C16H28N6O/c1-11-8-20(2)3-4-22(11)15(14(18)7-17)6-16(19)21-9-12-5-13(10-21)23-12/h6,11-13,18-19H,3-5,7-10,17H2,1-2H3/b15-6+,18-14?,19-16?. The quantitative estimate of drug-likeness (QED) is 0.498. The summed E-state index contributed by atoms with van der Waals surface area (Å²) < 4.78 is 5.64. The second-order valence-electron chi connectivity index (χ2n) is 6.92. The lowest BCUT2D eigenvalue weighted by Gasteiger charge is -2.47. The summed E-state index contributed by atoms with van der Waals surface area (Å²) in [6.07, 6.45) is 3.51. The molecular formula is C16H28N6O. The lowest BCUT2D eigenvalue weighted by Crippen LogP contribution is -2.58. The van der Waals surface area contributed by atoms with E-state index in [0.29, 0.717) is 17.6 Å². The van der Waals surface area contributed by atoms with E-state index in [2.05, 4.69) is 28.7 Å². The highest BCUT2D eigenvalue weighted by molar-refractivity contribution is 6.05. The molecule has 4 N–H and O–H groups in total. The molecule has 4 heterocycles. The zero-order chi connectivity index (χ0) is 16.6. The molecule has 7 nitrogen and oxygen atoms in total. The molecule has 0 saturated carbocycles. The number of rotatable bonds is 4. The van der Waals surface area contributed by atoms with Crippen LogP contribution in [0.3, 0.4) is 0 Å². The highest BCUT2D eigenvalue weighted by Crippen LogP contribution is 2.28. The number of nitrogens with two attached hydrogens (primary N) is 1. The smallest absolute Gasteiger partial charge is 0.122 e. The third kappa shape index (κ3) is 3.41. The van der Waals surface area contributed by atoms with E-state index in [4.69, 9.17) is 21.3 Å². The topological polar surface area (TPSA) is 92.7 Å². The van der Waals surface area contributed by atoms with Gasteiger partial charge in [0.15, 0.2) is 0 Å². The number of morpholine rings is 1. The number of nitrogens with one attached hydrogen (secondary N) is 2. The molecule has 3 unspecified atom stereocenters. The van der Waals surface area contributed by atoms with Gasteiger partial charge < -0.3 is 30.6 Å². The Kier molecular flexibility index (Phi) is 4.70. The summed E-state index contributed by atoms with van der Waals surface area (Å²) in [5.41, 5.74) is 6.94. The Bertz CT molecular complexity index is 503. The Hall–Kier alpha value is -1.44. The maximum Gasteiger partial charge on any atom is 0.122 e. The monoisotopic (exact) mass is 320 g/mol. The van der Waals surface area contributed by atoms with Gasteiger partial charge in [0.05, 0.1) is 23.6 Å². The van der Waals surface area contributed by atoms with E-state index in [9.17, 15) is 0 Å². The van der Waals surface area contributed by atoms with Crippen molar-refractivity contribution in [3.8, 4) is 0 Å². The predicted molar refractivity (Wildman–Crippen MR) is 91.1 cm³/mol. The molecule has 0 spiro atoms. The van der Waals surface area contributed by atoms with Gasteiger partial charge in [-0.05, 0) is 14.0 Å². The summed E-state index contributed by atoms with van der Waals surface area (Å²) in [6, 6.07) is 0.317. The fraction of sp³-hybridized carbons (Fsp3) is 0.750. The molecule has 0 aliphatic carbocycles. The van der Waals surface area contributed by atoms with Crippen LogP contribution in [0.4, 0.5) is 0 Å². The van der Waals surface area contributed by atoms with Gasteiger partial charge in [0.2, 0.25) is 0 Å². The lowest BCUT2D eigenvalue weighted by molar-refractivity contribution is -0.167. The maximum absolute atomic E-state index is 8.44. The minimum atomic E-state index is 0.201. The van der Waals surface area contributed by atoms with Gasteiger partial charge in [-0.25, -0.2) is 0 Å². The number of fused-ring (bicyclic) bond motifs is 2. The maximum atomic E-state index is 8.44. The molecule has 0 radical (unpaired) electrons. The Labute approximate surface area is 138 Å². The molecule has 0 amide bonds. The Balaban J connectivity index is 1.75. The van der Waals surface area contributed by atoms with Crippen LogP contribution in [0.25, 0.3) is 0 Å². The van der Waals surface area contributed by atoms with E-state index in [-0.39, 0.29) is 18.8 Å². The summed E-state index contributed by atoms with van der Waals surface area (Å²) in [6.45, 7) is 6.74. The van der Waals surface area contributed by atoms with Crippen molar-refractivity contribution in [2.24, 2.45) is 5.73 Å². The summed E-state index contributed by atoms with van der Waals surface area (Å²) in [5, 5.41) is 16.7. The van der Waals surface area contributed by atoms with Gasteiger partial charge in [-0.1, -0.05) is 0 Å². The van der Waals surface area contributed by atoms with Crippen LogP contribution in [0.2, 0.25) is 0 Å². The van der Waals surface area contributed by atoms with Crippen molar-refractivity contribution in [2.75, 3.05) is 46.3 Å². The number of hydrogen-bond donors (Lipinski definition) is 3. The van der Waals surface area contributed by atoms with Crippen LogP contribution in [-0.2, 0) is 4.74 Å². The molecule has 4 saturated heterocycles. The molecule has 0 aromatic rings. The summed E-state index contributed by atoms with van der Waals surface area (Å²) in [5.74, 6) is 0.474. The van der Waals surface area contributed by atoms with E-state index in [1.807, 2.05) is 6.08 Å². The molecule has 3 atom stereocenters. The Morgan fingerprint density at radius 1 is 1.22 bits per heavy atom. The predicted octanol–water partition coefficient (Wildman–Crippen LogP) is -0.0650. The fourth-order valence-electron chi connectivity index (χ4n) is 3.72. The average molecular weight is 320 g/mol. The third-order valence-electron chi connectivity index (χ3n) is 5.03. The minimum Gasteiger partial charge on any atom is -0.371 e. The molecule has 128 valence electrons. The molecule has 4 aliphatic rings. The largest absolute Gasteiger partial charge is 0.371 e. The third-order valence-corrected chi connectivity index (χ3v) is 5.03. The Morgan fingerprint density at radius 2 is 1.87 bits per heavy atom. The van der Waals surface area contributed by atoms with Crippen molar-refractivity contribution in [2.45, 2.75) is 31.6 Å². The van der Waals surface area contributed by atoms with Crippen LogP contribution in [0, 0.1) is 10.8 Å². The molecule has 4 rings (SSSR count). The van der Waals surface area contributed by atoms with Gasteiger partial charge in [-0.15, -0.1) is 0 Å². The first-order chi connectivity index (χ1) is 11.0. The number of likely N-dealkylation sites (N-methyl/N-ethyl adjacent to an activating group) is 1. The van der Waals surface area contributed by atoms with Crippen LogP contribution < -0.4 is 5.73 Å². The lowest BCUT2D eigenvalue weighted by atomic mass is 9.98. The Morgan fingerprint density at radius 3 is 2.43 bits per heavy atom. The normalized spacial score (nSPS) is 31.8. The number of amidine groups is 1. The first-order valence-corrected chi connectivity index (χ1v) is 8.41. The molecule has 4 fully saturated rings. The van der Waals surface area contributed by atoms with Crippen LogP contribution in [0.5, 0.6) is 0 Å².